The molecule has 1 fully saturated rings. The predicted octanol–water partition coefficient (Wildman–Crippen LogP) is 1.58. The molecule has 4 N–H and O–H groups in total. The molecule has 0 bridgehead atoms. The van der Waals surface area contributed by atoms with Gasteiger partial charge in [0.15, 0.2) is 5.82 Å². The predicted molar refractivity (Wildman–Crippen MR) is 66.5 cm³/mol. The van der Waals surface area contributed by atoms with Crippen molar-refractivity contribution in [2.75, 3.05) is 5.73 Å². The average Bonchev–Trinajstić information content (AvgIpc) is 2.37. The van der Waals surface area contributed by atoms with Gasteiger partial charge in [-0.1, -0.05) is 12.8 Å². The summed E-state index contributed by atoms with van der Waals surface area (Å²) in [5.74, 6) is -2.91. The van der Waals surface area contributed by atoms with Crippen LogP contribution in [0, 0.1) is 11.6 Å². The quantitative estimate of drug-likeness (QED) is 0.714. The van der Waals surface area contributed by atoms with Gasteiger partial charge in [0.1, 0.15) is 11.4 Å². The van der Waals surface area contributed by atoms with Gasteiger partial charge in [0.2, 0.25) is 0 Å². The second-order valence-corrected chi connectivity index (χ2v) is 4.76. The first-order valence-electron chi connectivity index (χ1n) is 6.23. The molecule has 1 saturated carbocycles. The van der Waals surface area contributed by atoms with Crippen molar-refractivity contribution in [3.8, 4) is 0 Å². The Labute approximate surface area is 109 Å². The third kappa shape index (κ3) is 2.84. The minimum Gasteiger partial charge on any atom is -0.396 e. The molecule has 2 atom stereocenters. The normalized spacial score (nSPS) is 23.1. The van der Waals surface area contributed by atoms with Crippen LogP contribution in [0.5, 0.6) is 0 Å². The fourth-order valence-electron chi connectivity index (χ4n) is 2.30. The number of carbonyl (C=O) groups is 1. The number of nitrogens with two attached hydrogens (primary N) is 1. The summed E-state index contributed by atoms with van der Waals surface area (Å²) in [6.45, 7) is 0. The van der Waals surface area contributed by atoms with E-state index < -0.39 is 35.3 Å². The van der Waals surface area contributed by atoms with Crippen molar-refractivity contribution >= 4 is 11.6 Å². The maximum absolute atomic E-state index is 13.7. The van der Waals surface area contributed by atoms with E-state index in [1.54, 1.807) is 0 Å². The number of rotatable bonds is 2. The summed E-state index contributed by atoms with van der Waals surface area (Å²) in [4.78, 5) is 11.9. The summed E-state index contributed by atoms with van der Waals surface area (Å²) in [6, 6.07) is 1.54. The number of anilines is 1. The highest BCUT2D eigenvalue weighted by Crippen LogP contribution is 2.21. The minimum absolute atomic E-state index is 0.282. The number of aliphatic hydroxyl groups excluding tert-OH is 1. The van der Waals surface area contributed by atoms with Crippen molar-refractivity contribution in [3.63, 3.8) is 0 Å². The summed E-state index contributed by atoms with van der Waals surface area (Å²) in [7, 11) is 0. The topological polar surface area (TPSA) is 75.4 Å². The molecule has 1 amide bonds. The molecule has 1 aliphatic carbocycles. The van der Waals surface area contributed by atoms with Crippen molar-refractivity contribution in [1.29, 1.82) is 0 Å². The van der Waals surface area contributed by atoms with E-state index >= 15 is 0 Å². The lowest BCUT2D eigenvalue weighted by Crippen LogP contribution is -2.45. The molecule has 1 aromatic rings. The molecule has 1 aromatic carbocycles. The first-order valence-corrected chi connectivity index (χ1v) is 6.23. The van der Waals surface area contributed by atoms with E-state index in [-0.39, 0.29) is 5.69 Å². The lowest BCUT2D eigenvalue weighted by atomic mass is 9.92. The van der Waals surface area contributed by atoms with Gasteiger partial charge >= 0.3 is 0 Å². The number of carbonyl (C=O) groups excluding carboxylic acids is 1. The van der Waals surface area contributed by atoms with Crippen molar-refractivity contribution in [2.24, 2.45) is 0 Å². The Bertz CT molecular complexity index is 494. The zero-order valence-electron chi connectivity index (χ0n) is 10.3. The van der Waals surface area contributed by atoms with Gasteiger partial charge < -0.3 is 16.2 Å². The van der Waals surface area contributed by atoms with Crippen molar-refractivity contribution in [1.82, 2.24) is 5.32 Å². The summed E-state index contributed by atoms with van der Waals surface area (Å²) in [5.41, 5.74) is 4.34. The largest absolute Gasteiger partial charge is 0.396 e. The van der Waals surface area contributed by atoms with Crippen molar-refractivity contribution < 1.29 is 18.7 Å². The molecule has 1 aliphatic rings. The molecule has 104 valence electrons. The fourth-order valence-corrected chi connectivity index (χ4v) is 2.30. The number of benzene rings is 1. The first-order chi connectivity index (χ1) is 9.00. The number of amides is 1. The maximum atomic E-state index is 13.7. The van der Waals surface area contributed by atoms with E-state index in [4.69, 9.17) is 5.73 Å². The number of hydrogen-bond donors (Lipinski definition) is 3. The summed E-state index contributed by atoms with van der Waals surface area (Å²) >= 11 is 0. The molecule has 0 unspecified atom stereocenters. The van der Waals surface area contributed by atoms with Gasteiger partial charge in [0.25, 0.3) is 5.91 Å². The van der Waals surface area contributed by atoms with Crippen LogP contribution in [0.1, 0.15) is 36.0 Å². The van der Waals surface area contributed by atoms with E-state index in [0.717, 1.165) is 25.0 Å². The first kappa shape index (κ1) is 13.7. The second-order valence-electron chi connectivity index (χ2n) is 4.76. The van der Waals surface area contributed by atoms with E-state index in [1.165, 1.54) is 0 Å². The molecule has 0 spiro atoms. The highest BCUT2D eigenvalue weighted by molar-refractivity contribution is 5.95. The molecule has 2 rings (SSSR count). The monoisotopic (exact) mass is 270 g/mol. The lowest BCUT2D eigenvalue weighted by Gasteiger charge is -2.28. The standard InChI is InChI=1S/C13H16F2N2O2/c14-7-5-6-8(16)12(15)11(7)13(19)17-9-3-1-2-4-10(9)18/h5-6,9-10,18H,1-4,16H2,(H,17,19)/t9-,10-/m0/s1. The van der Waals surface area contributed by atoms with Gasteiger partial charge in [0, 0.05) is 0 Å². The Morgan fingerprint density at radius 3 is 2.68 bits per heavy atom. The van der Waals surface area contributed by atoms with Gasteiger partial charge in [0.05, 0.1) is 17.8 Å². The van der Waals surface area contributed by atoms with Crippen LogP contribution in [0.4, 0.5) is 14.5 Å². The van der Waals surface area contributed by atoms with Crippen molar-refractivity contribution in [3.05, 3.63) is 29.3 Å². The fraction of sp³-hybridized carbons (Fsp3) is 0.462. The van der Waals surface area contributed by atoms with E-state index in [0.29, 0.717) is 12.8 Å². The van der Waals surface area contributed by atoms with Gasteiger partial charge in [-0.15, -0.1) is 0 Å². The zero-order chi connectivity index (χ0) is 14.0. The second kappa shape index (κ2) is 5.52. The van der Waals surface area contributed by atoms with Crippen LogP contribution in [0.2, 0.25) is 0 Å². The maximum Gasteiger partial charge on any atom is 0.257 e. The number of nitrogens with one attached hydrogen (secondary N) is 1. The molecule has 0 aromatic heterocycles. The molecule has 19 heavy (non-hydrogen) atoms. The Kier molecular flexibility index (Phi) is 3.99. The lowest BCUT2D eigenvalue weighted by molar-refractivity contribution is 0.0711. The highest BCUT2D eigenvalue weighted by Gasteiger charge is 2.27. The van der Waals surface area contributed by atoms with Crippen LogP contribution >= 0.6 is 0 Å². The molecular formula is C13H16F2N2O2. The molecular weight excluding hydrogens is 254 g/mol. The highest BCUT2D eigenvalue weighted by atomic mass is 19.1. The Balaban J connectivity index is 2.18. The molecule has 0 aliphatic heterocycles. The Hall–Kier alpha value is -1.69. The number of aliphatic hydroxyl groups is 1. The van der Waals surface area contributed by atoms with E-state index in [2.05, 4.69) is 5.32 Å². The Morgan fingerprint density at radius 2 is 2.00 bits per heavy atom. The molecule has 0 radical (unpaired) electrons. The molecule has 4 nitrogen and oxygen atoms in total. The van der Waals surface area contributed by atoms with Gasteiger partial charge in [-0.05, 0) is 25.0 Å². The van der Waals surface area contributed by atoms with Crippen LogP contribution in [0.25, 0.3) is 0 Å². The zero-order valence-corrected chi connectivity index (χ0v) is 10.3. The molecule has 6 heteroatoms. The number of nitrogen functional groups attached to an aromatic ring is 1. The van der Waals surface area contributed by atoms with Crippen LogP contribution in [0.3, 0.4) is 0 Å². The van der Waals surface area contributed by atoms with Crippen LogP contribution in [-0.2, 0) is 0 Å². The van der Waals surface area contributed by atoms with Gasteiger partial charge in [-0.3, -0.25) is 4.79 Å². The average molecular weight is 270 g/mol. The summed E-state index contributed by atoms with van der Waals surface area (Å²) < 4.78 is 27.2. The van der Waals surface area contributed by atoms with Crippen molar-refractivity contribution in [2.45, 2.75) is 37.8 Å². The minimum atomic E-state index is -1.07. The Morgan fingerprint density at radius 1 is 1.32 bits per heavy atom. The molecule has 0 saturated heterocycles. The number of halogens is 2. The van der Waals surface area contributed by atoms with Gasteiger partial charge in [-0.2, -0.15) is 0 Å². The van der Waals surface area contributed by atoms with E-state index in [9.17, 15) is 18.7 Å². The van der Waals surface area contributed by atoms with Gasteiger partial charge in [-0.25, -0.2) is 8.78 Å². The van der Waals surface area contributed by atoms with E-state index in [1.807, 2.05) is 0 Å². The summed E-state index contributed by atoms with van der Waals surface area (Å²) in [5, 5.41) is 12.2. The van der Waals surface area contributed by atoms with Crippen LogP contribution in [-0.4, -0.2) is 23.2 Å². The third-order valence-electron chi connectivity index (χ3n) is 3.39. The smallest absolute Gasteiger partial charge is 0.257 e. The SMILES string of the molecule is Nc1ccc(F)c(C(=O)N[C@H]2CCCC[C@@H]2O)c1F. The van der Waals surface area contributed by atoms with Crippen LogP contribution < -0.4 is 11.1 Å². The summed E-state index contributed by atoms with van der Waals surface area (Å²) in [6.07, 6.45) is 2.24. The van der Waals surface area contributed by atoms with Crippen LogP contribution in [0.15, 0.2) is 12.1 Å². The molecule has 0 heterocycles. The third-order valence-corrected chi connectivity index (χ3v) is 3.39. The number of hydrogen-bond acceptors (Lipinski definition) is 3.